The molecule has 0 aromatic carbocycles. The van der Waals surface area contributed by atoms with Crippen molar-refractivity contribution in [3.63, 3.8) is 0 Å². The first kappa shape index (κ1) is 26.7. The van der Waals surface area contributed by atoms with Gasteiger partial charge in [-0.05, 0) is 89.8 Å². The summed E-state index contributed by atoms with van der Waals surface area (Å²) in [6.45, 7) is 20.5. The highest BCUT2D eigenvalue weighted by Gasteiger charge is 2.72. The number of hydrogen-bond acceptors (Lipinski definition) is 4. The first-order chi connectivity index (χ1) is 16.5. The van der Waals surface area contributed by atoms with Crippen molar-refractivity contribution in [2.75, 3.05) is 0 Å². The van der Waals surface area contributed by atoms with E-state index in [1.54, 1.807) is 6.92 Å². The van der Waals surface area contributed by atoms with Crippen molar-refractivity contribution < 1.29 is 19.7 Å². The number of aliphatic hydroxyl groups excluding tert-OH is 2. The van der Waals surface area contributed by atoms with E-state index >= 15 is 0 Å². The van der Waals surface area contributed by atoms with E-state index in [9.17, 15) is 15.0 Å². The summed E-state index contributed by atoms with van der Waals surface area (Å²) in [6, 6.07) is 0. The molecule has 4 nitrogen and oxygen atoms in total. The van der Waals surface area contributed by atoms with Gasteiger partial charge in [-0.3, -0.25) is 4.79 Å². The first-order valence-electron chi connectivity index (χ1n) is 14.8. The first-order valence-corrected chi connectivity index (χ1v) is 14.8. The Morgan fingerprint density at radius 1 is 1.00 bits per heavy atom. The molecule has 4 fully saturated rings. The third-order valence-corrected chi connectivity index (χ3v) is 13.5. The fourth-order valence-corrected chi connectivity index (χ4v) is 11.5. The van der Waals surface area contributed by atoms with Gasteiger partial charge in [-0.1, -0.05) is 67.0 Å². The van der Waals surface area contributed by atoms with Crippen molar-refractivity contribution in [3.8, 4) is 0 Å². The van der Waals surface area contributed by atoms with Gasteiger partial charge in [0.15, 0.2) is 0 Å². The third-order valence-electron chi connectivity index (χ3n) is 13.5. The van der Waals surface area contributed by atoms with E-state index in [0.717, 1.165) is 44.9 Å². The number of esters is 1. The van der Waals surface area contributed by atoms with Gasteiger partial charge in [0.1, 0.15) is 6.10 Å². The average Bonchev–Trinajstić information content (AvgIpc) is 3.07. The van der Waals surface area contributed by atoms with Gasteiger partial charge in [-0.25, -0.2) is 0 Å². The predicted octanol–water partition coefficient (Wildman–Crippen LogP) is 6.54. The zero-order valence-electron chi connectivity index (χ0n) is 24.4. The second-order valence-corrected chi connectivity index (χ2v) is 15.5. The van der Waals surface area contributed by atoms with Crippen LogP contribution in [0.25, 0.3) is 0 Å². The summed E-state index contributed by atoms with van der Waals surface area (Å²) in [5.41, 5.74) is 1.31. The molecule has 0 amide bonds. The third kappa shape index (κ3) is 3.22. The SMILES string of the molecule is CC(=O)O[C@@H]1C[C@@H](C(C)C)[C@]2(C)CC[C@@]3(C)[C@H]4C(=CC[C@]3(C)[C@@H]12)[C@@]1(C)CC[C@H](O)C(C)(C)[C@@H]1C[C@@H]4O. The van der Waals surface area contributed by atoms with E-state index in [1.165, 1.54) is 5.57 Å². The van der Waals surface area contributed by atoms with E-state index in [0.29, 0.717) is 17.8 Å². The minimum absolute atomic E-state index is 0.0170. The smallest absolute Gasteiger partial charge is 0.302 e. The molecule has 0 aromatic heterocycles. The van der Waals surface area contributed by atoms with Crippen LogP contribution in [0.4, 0.5) is 0 Å². The van der Waals surface area contributed by atoms with Crippen LogP contribution in [0.1, 0.15) is 107 Å². The topological polar surface area (TPSA) is 66.8 Å². The van der Waals surface area contributed by atoms with Crippen molar-refractivity contribution in [2.45, 2.75) is 126 Å². The van der Waals surface area contributed by atoms with Crippen LogP contribution in [0.3, 0.4) is 0 Å². The Hall–Kier alpha value is -0.870. The number of rotatable bonds is 2. The van der Waals surface area contributed by atoms with E-state index in [2.05, 4.69) is 61.5 Å². The quantitative estimate of drug-likeness (QED) is 0.334. The Morgan fingerprint density at radius 2 is 1.67 bits per heavy atom. The molecule has 4 saturated carbocycles. The van der Waals surface area contributed by atoms with Gasteiger partial charge >= 0.3 is 5.97 Å². The van der Waals surface area contributed by atoms with Gasteiger partial charge in [0, 0.05) is 18.8 Å². The molecule has 0 aromatic rings. The molecule has 0 radical (unpaired) electrons. The number of allylic oxidation sites excluding steroid dienone is 1. The monoisotopic (exact) mass is 500 g/mol. The maximum Gasteiger partial charge on any atom is 0.302 e. The molecule has 0 unspecified atom stereocenters. The maximum atomic E-state index is 12.3. The number of fused-ring (bicyclic) bond motifs is 7. The molecule has 0 bridgehead atoms. The van der Waals surface area contributed by atoms with Crippen LogP contribution < -0.4 is 0 Å². The van der Waals surface area contributed by atoms with Gasteiger partial charge in [0.05, 0.1) is 12.2 Å². The molecule has 0 spiro atoms. The Morgan fingerprint density at radius 3 is 2.28 bits per heavy atom. The van der Waals surface area contributed by atoms with Crippen molar-refractivity contribution in [1.82, 2.24) is 0 Å². The molecule has 5 aliphatic rings. The minimum atomic E-state index is -0.401. The van der Waals surface area contributed by atoms with Crippen LogP contribution >= 0.6 is 0 Å². The summed E-state index contributed by atoms with van der Waals surface area (Å²) in [6.07, 6.45) is 8.54. The number of carbonyl (C=O) groups is 1. The largest absolute Gasteiger partial charge is 0.462 e. The molecule has 0 aliphatic heterocycles. The van der Waals surface area contributed by atoms with Crippen LogP contribution in [-0.4, -0.2) is 34.5 Å². The Labute approximate surface area is 219 Å². The highest BCUT2D eigenvalue weighted by molar-refractivity contribution is 5.66. The molecule has 0 heterocycles. The van der Waals surface area contributed by atoms with E-state index in [4.69, 9.17) is 4.74 Å². The summed E-state index contributed by atoms with van der Waals surface area (Å²) in [5.74, 6) is 1.63. The molecule has 4 heteroatoms. The average molecular weight is 501 g/mol. The minimum Gasteiger partial charge on any atom is -0.462 e. The molecule has 11 atom stereocenters. The molecular formula is C32H52O4. The lowest BCUT2D eigenvalue weighted by atomic mass is 9.35. The second kappa shape index (κ2) is 8.07. The van der Waals surface area contributed by atoms with Gasteiger partial charge in [0.25, 0.3) is 0 Å². The van der Waals surface area contributed by atoms with Gasteiger partial charge in [0.2, 0.25) is 0 Å². The standard InChI is InChI=1S/C32H52O4/c1-18(2)21-16-23(36-19(3)33)27-30(21,7)14-15-31(8)26-20(10-13-32(27,31)9)29(6)12-11-25(35)28(4,5)24(29)17-22(26)34/h10,18,21-27,34-35H,11-17H2,1-9H3/t21-,22-,23+,24-,25-,26-,27-,29+,30-,31-,32+/m0/s1. The molecule has 5 aliphatic carbocycles. The van der Waals surface area contributed by atoms with Gasteiger partial charge in [-0.2, -0.15) is 0 Å². The highest BCUT2D eigenvalue weighted by atomic mass is 16.5. The highest BCUT2D eigenvalue weighted by Crippen LogP contribution is 2.76. The maximum absolute atomic E-state index is 12.3. The second-order valence-electron chi connectivity index (χ2n) is 15.5. The lowest BCUT2D eigenvalue weighted by Crippen LogP contribution is -2.66. The van der Waals surface area contributed by atoms with Gasteiger partial charge in [-0.15, -0.1) is 0 Å². The summed E-state index contributed by atoms with van der Waals surface area (Å²) >= 11 is 0. The van der Waals surface area contributed by atoms with Crippen molar-refractivity contribution >= 4 is 5.97 Å². The van der Waals surface area contributed by atoms with Crippen LogP contribution in [0.5, 0.6) is 0 Å². The van der Waals surface area contributed by atoms with Crippen LogP contribution in [0, 0.1) is 56.7 Å². The lowest BCUT2D eigenvalue weighted by Gasteiger charge is -2.70. The molecule has 204 valence electrons. The number of hydrogen-bond donors (Lipinski definition) is 2. The van der Waals surface area contributed by atoms with E-state index < -0.39 is 6.10 Å². The number of carbonyl (C=O) groups excluding carboxylic acids is 1. The summed E-state index contributed by atoms with van der Waals surface area (Å²) in [4.78, 5) is 12.3. The van der Waals surface area contributed by atoms with Crippen LogP contribution in [0.2, 0.25) is 0 Å². The zero-order valence-corrected chi connectivity index (χ0v) is 24.4. The summed E-state index contributed by atoms with van der Waals surface area (Å²) in [7, 11) is 0. The summed E-state index contributed by atoms with van der Waals surface area (Å²) < 4.78 is 6.14. The van der Waals surface area contributed by atoms with E-state index in [1.807, 2.05) is 0 Å². The van der Waals surface area contributed by atoms with Crippen molar-refractivity contribution in [1.29, 1.82) is 0 Å². The Bertz CT molecular complexity index is 952. The number of aliphatic hydroxyl groups is 2. The lowest BCUT2D eigenvalue weighted by molar-refractivity contribution is -0.207. The molecule has 2 N–H and O–H groups in total. The molecule has 5 rings (SSSR count). The van der Waals surface area contributed by atoms with Crippen LogP contribution in [0.15, 0.2) is 11.6 Å². The van der Waals surface area contributed by atoms with E-state index in [-0.39, 0.29) is 57.1 Å². The Balaban J connectivity index is 1.62. The molecular weight excluding hydrogens is 448 g/mol. The van der Waals surface area contributed by atoms with Crippen molar-refractivity contribution in [3.05, 3.63) is 11.6 Å². The van der Waals surface area contributed by atoms with Crippen molar-refractivity contribution in [2.24, 2.45) is 56.7 Å². The fourth-order valence-electron chi connectivity index (χ4n) is 11.5. The fraction of sp³-hybridized carbons (Fsp3) is 0.906. The predicted molar refractivity (Wildman–Crippen MR) is 143 cm³/mol. The molecule has 36 heavy (non-hydrogen) atoms. The van der Waals surface area contributed by atoms with Gasteiger partial charge < -0.3 is 14.9 Å². The van der Waals surface area contributed by atoms with Crippen LogP contribution in [-0.2, 0) is 9.53 Å². The number of ether oxygens (including phenoxy) is 1. The molecule has 0 saturated heterocycles. The zero-order chi connectivity index (χ0) is 26.6. The Kier molecular flexibility index (Phi) is 5.99. The normalized spacial score (nSPS) is 53.6. The summed E-state index contributed by atoms with van der Waals surface area (Å²) in [5, 5.41) is 22.9.